The van der Waals surface area contributed by atoms with Gasteiger partial charge in [-0.2, -0.15) is 0 Å². The van der Waals surface area contributed by atoms with Crippen molar-refractivity contribution in [1.29, 1.82) is 0 Å². The number of aliphatic hydroxyl groups excluding tert-OH is 1. The number of piperidine rings is 1. The van der Waals surface area contributed by atoms with Gasteiger partial charge in [-0.15, -0.1) is 0 Å². The van der Waals surface area contributed by atoms with Crippen LogP contribution < -0.4 is 20.3 Å². The first-order valence-electron chi connectivity index (χ1n) is 9.51. The summed E-state index contributed by atoms with van der Waals surface area (Å²) in [7, 11) is 1.70. The van der Waals surface area contributed by atoms with Crippen molar-refractivity contribution in [2.75, 3.05) is 50.1 Å². The van der Waals surface area contributed by atoms with Crippen LogP contribution in [0.2, 0.25) is 0 Å². The maximum absolute atomic E-state index is 12.1. The lowest BCUT2D eigenvalue weighted by molar-refractivity contribution is -0.120. The van der Waals surface area contributed by atoms with Gasteiger partial charge in [0.1, 0.15) is 5.75 Å². The van der Waals surface area contributed by atoms with Gasteiger partial charge in [0.25, 0.3) is 5.91 Å². The Hall–Kier alpha value is -2.32. The lowest BCUT2D eigenvalue weighted by atomic mass is 10.0. The molecule has 0 aromatic heterocycles. The quantitative estimate of drug-likeness (QED) is 0.653. The fourth-order valence-electron chi connectivity index (χ4n) is 3.58. The topological polar surface area (TPSA) is 94.1 Å². The van der Waals surface area contributed by atoms with E-state index in [1.54, 1.807) is 30.1 Å². The molecule has 1 saturated heterocycles. The molecule has 0 spiro atoms. The highest BCUT2D eigenvalue weighted by Gasteiger charge is 2.23. The van der Waals surface area contributed by atoms with E-state index in [-0.39, 0.29) is 31.2 Å². The summed E-state index contributed by atoms with van der Waals surface area (Å²) >= 11 is 0. The van der Waals surface area contributed by atoms with Gasteiger partial charge >= 0.3 is 6.03 Å². The Labute approximate surface area is 159 Å². The molecule has 1 fully saturated rings. The second-order valence-electron chi connectivity index (χ2n) is 7.03. The Morgan fingerprint density at radius 3 is 3.04 bits per heavy atom. The van der Waals surface area contributed by atoms with Crippen LogP contribution in [0.25, 0.3) is 0 Å². The molecule has 0 unspecified atom stereocenters. The Kier molecular flexibility index (Phi) is 6.52. The van der Waals surface area contributed by atoms with Crippen LogP contribution in [0, 0.1) is 0 Å². The molecule has 1 aromatic rings. The number of carbonyl (C=O) groups is 2. The summed E-state index contributed by atoms with van der Waals surface area (Å²) in [6, 6.07) is 5.21. The van der Waals surface area contributed by atoms with Crippen molar-refractivity contribution >= 4 is 23.3 Å². The molecule has 2 aliphatic heterocycles. The van der Waals surface area contributed by atoms with E-state index < -0.39 is 0 Å². The number of ether oxygens (including phenoxy) is 1. The molecule has 3 N–H and O–H groups in total. The van der Waals surface area contributed by atoms with Gasteiger partial charge in [0.15, 0.2) is 6.61 Å². The number of nitrogens with zero attached hydrogens (tertiary/aromatic N) is 2. The fourth-order valence-corrected chi connectivity index (χ4v) is 3.58. The number of hydrogen-bond acceptors (Lipinski definition) is 5. The van der Waals surface area contributed by atoms with Crippen molar-refractivity contribution in [3.63, 3.8) is 0 Å². The molecule has 2 heterocycles. The zero-order valence-electron chi connectivity index (χ0n) is 15.7. The molecule has 3 rings (SSSR count). The summed E-state index contributed by atoms with van der Waals surface area (Å²) in [6.45, 7) is 2.67. The predicted octanol–water partition coefficient (Wildman–Crippen LogP) is 1.40. The predicted molar refractivity (Wildman–Crippen MR) is 103 cm³/mol. The first kappa shape index (κ1) is 19.4. The molecule has 2 aliphatic rings. The molecule has 1 aromatic carbocycles. The summed E-state index contributed by atoms with van der Waals surface area (Å²) in [5.41, 5.74) is 1.31. The van der Waals surface area contributed by atoms with Crippen molar-refractivity contribution < 1.29 is 19.4 Å². The molecule has 0 bridgehead atoms. The van der Waals surface area contributed by atoms with Crippen LogP contribution >= 0.6 is 0 Å². The van der Waals surface area contributed by atoms with Crippen molar-refractivity contribution in [3.05, 3.63) is 18.2 Å². The Balaban J connectivity index is 1.42. The molecule has 0 saturated carbocycles. The van der Waals surface area contributed by atoms with Gasteiger partial charge in [0, 0.05) is 37.9 Å². The zero-order valence-corrected chi connectivity index (χ0v) is 15.7. The monoisotopic (exact) mass is 376 g/mol. The van der Waals surface area contributed by atoms with Crippen molar-refractivity contribution in [1.82, 2.24) is 10.2 Å². The minimum atomic E-state index is -0.271. The number of nitrogens with one attached hydrogen (secondary N) is 2. The Bertz CT molecular complexity index is 682. The highest BCUT2D eigenvalue weighted by Crippen LogP contribution is 2.33. The smallest absolute Gasteiger partial charge is 0.319 e. The molecule has 3 amide bonds. The number of carbonyl (C=O) groups excluding carboxylic acids is 2. The van der Waals surface area contributed by atoms with Crippen LogP contribution in [0.5, 0.6) is 5.75 Å². The Morgan fingerprint density at radius 1 is 1.37 bits per heavy atom. The average molecular weight is 376 g/mol. The third kappa shape index (κ3) is 4.90. The van der Waals surface area contributed by atoms with E-state index >= 15 is 0 Å². The number of aliphatic hydroxyl groups is 1. The van der Waals surface area contributed by atoms with Gasteiger partial charge in [-0.1, -0.05) is 6.42 Å². The maximum Gasteiger partial charge on any atom is 0.319 e. The number of rotatable bonds is 6. The molecule has 148 valence electrons. The minimum Gasteiger partial charge on any atom is -0.481 e. The maximum atomic E-state index is 12.1. The average Bonchev–Trinajstić information content (AvgIpc) is 2.68. The summed E-state index contributed by atoms with van der Waals surface area (Å²) in [6.07, 6.45) is 4.23. The number of hydrogen-bond donors (Lipinski definition) is 3. The summed E-state index contributed by atoms with van der Waals surface area (Å²) < 4.78 is 5.43. The molecular formula is C19H28N4O4. The SMILES string of the molecule is CN1C(=O)COc2cc(NC(=O)NCCCN3CCCC[C@H]3CO)ccc21. The standard InChI is InChI=1S/C19H28N4O4/c1-22-16-7-6-14(11-17(16)27-13-18(22)25)21-19(26)20-8-4-10-23-9-3-2-5-15(23)12-24/h6-7,11,15,24H,2-5,8-10,12-13H2,1H3,(H2,20,21,26)/t15-/m0/s1. The van der Waals surface area contributed by atoms with Gasteiger partial charge in [-0.05, 0) is 37.9 Å². The van der Waals surface area contributed by atoms with Gasteiger partial charge in [0.2, 0.25) is 0 Å². The van der Waals surface area contributed by atoms with Crippen LogP contribution in [0.1, 0.15) is 25.7 Å². The molecule has 1 atom stereocenters. The third-order valence-corrected chi connectivity index (χ3v) is 5.17. The summed E-state index contributed by atoms with van der Waals surface area (Å²) in [4.78, 5) is 27.6. The van der Waals surface area contributed by atoms with E-state index in [0.717, 1.165) is 25.9 Å². The van der Waals surface area contributed by atoms with Gasteiger partial charge in [0.05, 0.1) is 12.3 Å². The van der Waals surface area contributed by atoms with Crippen molar-refractivity contribution in [3.8, 4) is 5.75 Å². The second kappa shape index (κ2) is 9.05. The van der Waals surface area contributed by atoms with Crippen LogP contribution in [0.15, 0.2) is 18.2 Å². The normalized spacial score (nSPS) is 20.0. The van der Waals surface area contributed by atoms with E-state index in [4.69, 9.17) is 4.74 Å². The zero-order chi connectivity index (χ0) is 19.2. The van der Waals surface area contributed by atoms with Crippen LogP contribution in [-0.4, -0.2) is 67.9 Å². The highest BCUT2D eigenvalue weighted by molar-refractivity contribution is 5.98. The molecule has 8 heteroatoms. The first-order chi connectivity index (χ1) is 13.1. The number of urea groups is 1. The Morgan fingerprint density at radius 2 is 2.22 bits per heavy atom. The largest absolute Gasteiger partial charge is 0.481 e. The molecule has 27 heavy (non-hydrogen) atoms. The van der Waals surface area contributed by atoms with Gasteiger partial charge in [-0.3, -0.25) is 9.69 Å². The van der Waals surface area contributed by atoms with E-state index in [1.807, 2.05) is 0 Å². The number of amides is 3. The summed E-state index contributed by atoms with van der Waals surface area (Å²) in [5.74, 6) is 0.480. The lowest BCUT2D eigenvalue weighted by Crippen LogP contribution is -2.43. The number of anilines is 2. The number of likely N-dealkylation sites (N-methyl/N-ethyl adjacent to an activating group) is 1. The number of fused-ring (bicyclic) bond motifs is 1. The second-order valence-corrected chi connectivity index (χ2v) is 7.03. The fraction of sp³-hybridized carbons (Fsp3) is 0.579. The third-order valence-electron chi connectivity index (χ3n) is 5.17. The van der Waals surface area contributed by atoms with Gasteiger partial charge < -0.3 is 25.4 Å². The van der Waals surface area contributed by atoms with Gasteiger partial charge in [-0.25, -0.2) is 4.79 Å². The lowest BCUT2D eigenvalue weighted by Gasteiger charge is -2.34. The van der Waals surface area contributed by atoms with Crippen LogP contribution in [0.4, 0.5) is 16.2 Å². The van der Waals surface area contributed by atoms with E-state index in [1.165, 1.54) is 12.8 Å². The number of likely N-dealkylation sites (tertiary alicyclic amines) is 1. The molecule has 0 radical (unpaired) electrons. The van der Waals surface area contributed by atoms with Crippen LogP contribution in [-0.2, 0) is 4.79 Å². The van der Waals surface area contributed by atoms with Crippen molar-refractivity contribution in [2.24, 2.45) is 0 Å². The summed E-state index contributed by atoms with van der Waals surface area (Å²) in [5, 5.41) is 15.1. The minimum absolute atomic E-state index is 0.00445. The van der Waals surface area contributed by atoms with E-state index in [2.05, 4.69) is 15.5 Å². The van der Waals surface area contributed by atoms with Crippen molar-refractivity contribution in [2.45, 2.75) is 31.7 Å². The first-order valence-corrected chi connectivity index (χ1v) is 9.51. The van der Waals surface area contributed by atoms with E-state index in [0.29, 0.717) is 23.7 Å². The van der Waals surface area contributed by atoms with Crippen LogP contribution in [0.3, 0.4) is 0 Å². The highest BCUT2D eigenvalue weighted by atomic mass is 16.5. The number of benzene rings is 1. The molecule has 8 nitrogen and oxygen atoms in total. The molecular weight excluding hydrogens is 348 g/mol. The molecule has 0 aliphatic carbocycles. The van der Waals surface area contributed by atoms with E-state index in [9.17, 15) is 14.7 Å².